The smallest absolute Gasteiger partial charge is 0.317 e. The van der Waals surface area contributed by atoms with E-state index in [9.17, 15) is 4.79 Å². The van der Waals surface area contributed by atoms with Crippen LogP contribution in [0, 0.1) is 11.3 Å². The van der Waals surface area contributed by atoms with Gasteiger partial charge < -0.3 is 10.2 Å². The van der Waals surface area contributed by atoms with Gasteiger partial charge in [-0.15, -0.1) is 0 Å². The van der Waals surface area contributed by atoms with E-state index >= 15 is 0 Å². The van der Waals surface area contributed by atoms with E-state index in [1.165, 1.54) is 0 Å². The maximum Gasteiger partial charge on any atom is 0.317 e. The Hall–Kier alpha value is -0.730. The van der Waals surface area contributed by atoms with E-state index in [1.807, 2.05) is 13.8 Å². The van der Waals surface area contributed by atoms with Gasteiger partial charge in [-0.2, -0.15) is 0 Å². The van der Waals surface area contributed by atoms with Gasteiger partial charge in [-0.1, -0.05) is 27.7 Å². The van der Waals surface area contributed by atoms with E-state index in [0.717, 1.165) is 19.6 Å². The summed E-state index contributed by atoms with van der Waals surface area (Å²) in [5.74, 6) is 0.564. The number of urea groups is 1. The van der Waals surface area contributed by atoms with E-state index in [1.54, 1.807) is 4.90 Å². The van der Waals surface area contributed by atoms with Crippen LogP contribution >= 0.6 is 0 Å². The number of carbonyl (C=O) groups excluding carboxylic acids is 1. The quantitative estimate of drug-likeness (QED) is 0.750. The summed E-state index contributed by atoms with van der Waals surface area (Å²) >= 11 is 0. The second kappa shape index (κ2) is 5.99. The summed E-state index contributed by atoms with van der Waals surface area (Å²) in [5.41, 5.74) is 0.156. The van der Waals surface area contributed by atoms with Gasteiger partial charge in [0.2, 0.25) is 0 Å². The third kappa shape index (κ3) is 4.54. The zero-order chi connectivity index (χ0) is 12.1. The van der Waals surface area contributed by atoms with Crippen molar-refractivity contribution in [3.8, 4) is 0 Å². The van der Waals surface area contributed by atoms with Gasteiger partial charge in [0.1, 0.15) is 0 Å². The molecule has 0 heterocycles. The fraction of sp³-hybridized carbons (Fsp3) is 0.917. The van der Waals surface area contributed by atoms with Crippen LogP contribution in [-0.2, 0) is 0 Å². The zero-order valence-corrected chi connectivity index (χ0v) is 11.1. The average Bonchev–Trinajstić information content (AvgIpc) is 2.16. The van der Waals surface area contributed by atoms with Crippen molar-refractivity contribution in [3.05, 3.63) is 0 Å². The minimum absolute atomic E-state index is 0.0497. The summed E-state index contributed by atoms with van der Waals surface area (Å²) < 4.78 is 0. The van der Waals surface area contributed by atoms with Gasteiger partial charge in [0, 0.05) is 19.6 Å². The average molecular weight is 214 g/mol. The second-order valence-corrected chi connectivity index (χ2v) is 4.97. The molecule has 0 spiro atoms. The third-order valence-electron chi connectivity index (χ3n) is 3.31. The molecule has 15 heavy (non-hydrogen) atoms. The van der Waals surface area contributed by atoms with Crippen LogP contribution in [0.15, 0.2) is 0 Å². The molecule has 0 radical (unpaired) electrons. The molecule has 0 rings (SSSR count). The Balaban J connectivity index is 4.10. The first kappa shape index (κ1) is 14.3. The fourth-order valence-corrected chi connectivity index (χ4v) is 1.13. The molecule has 1 N–H and O–H groups in total. The first-order chi connectivity index (χ1) is 6.85. The van der Waals surface area contributed by atoms with Crippen LogP contribution in [0.2, 0.25) is 0 Å². The highest BCUT2D eigenvalue weighted by molar-refractivity contribution is 5.74. The van der Waals surface area contributed by atoms with Crippen LogP contribution in [-0.4, -0.2) is 30.6 Å². The molecule has 0 saturated heterocycles. The lowest BCUT2D eigenvalue weighted by Crippen LogP contribution is -2.44. The fourth-order valence-electron chi connectivity index (χ4n) is 1.13. The highest BCUT2D eigenvalue weighted by atomic mass is 16.2. The molecule has 90 valence electrons. The van der Waals surface area contributed by atoms with E-state index < -0.39 is 0 Å². The zero-order valence-electron chi connectivity index (χ0n) is 11.1. The largest absolute Gasteiger partial charge is 0.337 e. The molecule has 3 heteroatoms. The van der Waals surface area contributed by atoms with E-state index in [2.05, 4.69) is 33.0 Å². The monoisotopic (exact) mass is 214 g/mol. The SMILES string of the molecule is CCN(CC)C(=O)NCC(C)(C)C(C)C. The molecule has 0 bridgehead atoms. The molecular formula is C12H26N2O. The predicted octanol–water partition coefficient (Wildman–Crippen LogP) is 2.72. The number of carbonyl (C=O) groups is 1. The van der Waals surface area contributed by atoms with Crippen molar-refractivity contribution in [1.82, 2.24) is 10.2 Å². The van der Waals surface area contributed by atoms with Gasteiger partial charge in [0.25, 0.3) is 0 Å². The molecule has 0 aliphatic heterocycles. The van der Waals surface area contributed by atoms with Gasteiger partial charge in [0.15, 0.2) is 0 Å². The first-order valence-corrected chi connectivity index (χ1v) is 5.87. The summed E-state index contributed by atoms with van der Waals surface area (Å²) in [5, 5.41) is 2.99. The van der Waals surface area contributed by atoms with Crippen molar-refractivity contribution >= 4 is 6.03 Å². The number of rotatable bonds is 5. The van der Waals surface area contributed by atoms with E-state index in [-0.39, 0.29) is 11.4 Å². The minimum atomic E-state index is 0.0497. The van der Waals surface area contributed by atoms with Crippen molar-refractivity contribution in [2.24, 2.45) is 11.3 Å². The Morgan fingerprint density at radius 3 is 2.07 bits per heavy atom. The molecule has 0 aliphatic carbocycles. The van der Waals surface area contributed by atoms with Crippen molar-refractivity contribution < 1.29 is 4.79 Å². The Kier molecular flexibility index (Phi) is 5.69. The van der Waals surface area contributed by atoms with Crippen LogP contribution in [0.1, 0.15) is 41.5 Å². The maximum absolute atomic E-state index is 11.7. The van der Waals surface area contributed by atoms with Gasteiger partial charge in [-0.25, -0.2) is 4.79 Å². The van der Waals surface area contributed by atoms with Gasteiger partial charge >= 0.3 is 6.03 Å². The summed E-state index contributed by atoms with van der Waals surface area (Å²) in [7, 11) is 0. The summed E-state index contributed by atoms with van der Waals surface area (Å²) in [6.45, 7) is 15.0. The molecule has 0 fully saturated rings. The van der Waals surface area contributed by atoms with Crippen molar-refractivity contribution in [2.45, 2.75) is 41.5 Å². The number of nitrogens with zero attached hydrogens (tertiary/aromatic N) is 1. The Labute approximate surface area is 94.2 Å². The lowest BCUT2D eigenvalue weighted by atomic mass is 9.81. The van der Waals surface area contributed by atoms with Crippen LogP contribution < -0.4 is 5.32 Å². The number of hydrogen-bond acceptors (Lipinski definition) is 1. The van der Waals surface area contributed by atoms with Gasteiger partial charge in [0.05, 0.1) is 0 Å². The minimum Gasteiger partial charge on any atom is -0.337 e. The maximum atomic E-state index is 11.7. The molecule has 3 nitrogen and oxygen atoms in total. The van der Waals surface area contributed by atoms with Crippen LogP contribution in [0.25, 0.3) is 0 Å². The van der Waals surface area contributed by atoms with Gasteiger partial charge in [-0.3, -0.25) is 0 Å². The van der Waals surface area contributed by atoms with Crippen molar-refractivity contribution in [3.63, 3.8) is 0 Å². The molecule has 0 aromatic rings. The standard InChI is InChI=1S/C12H26N2O/c1-7-14(8-2)11(15)13-9-12(5,6)10(3)4/h10H,7-9H2,1-6H3,(H,13,15). The van der Waals surface area contributed by atoms with E-state index in [4.69, 9.17) is 0 Å². The highest BCUT2D eigenvalue weighted by Gasteiger charge is 2.23. The van der Waals surface area contributed by atoms with Crippen molar-refractivity contribution in [1.29, 1.82) is 0 Å². The molecule has 0 aromatic heterocycles. The second-order valence-electron chi connectivity index (χ2n) is 4.97. The van der Waals surface area contributed by atoms with Crippen molar-refractivity contribution in [2.75, 3.05) is 19.6 Å². The topological polar surface area (TPSA) is 32.3 Å². The Bertz CT molecular complexity index is 196. The summed E-state index contributed by atoms with van der Waals surface area (Å²) in [4.78, 5) is 13.5. The number of hydrogen-bond donors (Lipinski definition) is 1. The lowest BCUT2D eigenvalue weighted by molar-refractivity contribution is 0.187. The molecule has 0 atom stereocenters. The number of nitrogens with one attached hydrogen (secondary N) is 1. The molecule has 0 aliphatic rings. The highest BCUT2D eigenvalue weighted by Crippen LogP contribution is 2.24. The molecule has 0 aromatic carbocycles. The van der Waals surface area contributed by atoms with E-state index in [0.29, 0.717) is 5.92 Å². The van der Waals surface area contributed by atoms with Crippen LogP contribution in [0.5, 0.6) is 0 Å². The first-order valence-electron chi connectivity index (χ1n) is 5.87. The molecule has 0 unspecified atom stereocenters. The molecule has 0 saturated carbocycles. The molecular weight excluding hydrogens is 188 g/mol. The number of amides is 2. The lowest BCUT2D eigenvalue weighted by Gasteiger charge is -2.30. The third-order valence-corrected chi connectivity index (χ3v) is 3.31. The predicted molar refractivity (Wildman–Crippen MR) is 64.9 cm³/mol. The van der Waals surface area contributed by atoms with Crippen LogP contribution in [0.4, 0.5) is 4.79 Å². The Morgan fingerprint density at radius 2 is 1.73 bits per heavy atom. The Morgan fingerprint density at radius 1 is 1.27 bits per heavy atom. The summed E-state index contributed by atoms with van der Waals surface area (Å²) in [6.07, 6.45) is 0. The molecule has 2 amide bonds. The normalized spacial score (nSPS) is 11.7. The summed E-state index contributed by atoms with van der Waals surface area (Å²) in [6, 6.07) is 0.0497. The van der Waals surface area contributed by atoms with Crippen LogP contribution in [0.3, 0.4) is 0 Å². The van der Waals surface area contributed by atoms with Gasteiger partial charge in [-0.05, 0) is 25.2 Å².